The molecule has 1 amide bonds. The molecular formula is C14H22Cl2N4O. The van der Waals surface area contributed by atoms with Crippen LogP contribution in [0.15, 0.2) is 6.07 Å². The number of amides is 1. The molecular weight excluding hydrogens is 311 g/mol. The van der Waals surface area contributed by atoms with Gasteiger partial charge >= 0.3 is 0 Å². The second-order valence-corrected chi connectivity index (χ2v) is 5.67. The van der Waals surface area contributed by atoms with Crippen molar-refractivity contribution in [3.05, 3.63) is 16.1 Å². The summed E-state index contributed by atoms with van der Waals surface area (Å²) >= 11 is 12.4. The van der Waals surface area contributed by atoms with E-state index in [1.807, 2.05) is 11.8 Å². The van der Waals surface area contributed by atoms with Crippen molar-refractivity contribution in [2.24, 2.45) is 0 Å². The molecule has 0 radical (unpaired) electrons. The molecule has 1 aromatic rings. The Labute approximate surface area is 136 Å². The highest BCUT2D eigenvalue weighted by Crippen LogP contribution is 2.31. The van der Waals surface area contributed by atoms with Gasteiger partial charge in [-0.05, 0) is 19.4 Å². The lowest BCUT2D eigenvalue weighted by Crippen LogP contribution is -2.37. The summed E-state index contributed by atoms with van der Waals surface area (Å²) in [4.78, 5) is 19.7. The molecule has 0 bridgehead atoms. The average Bonchev–Trinajstić information content (AvgIpc) is 2.44. The third kappa shape index (κ3) is 4.93. The predicted molar refractivity (Wildman–Crippen MR) is 89.6 cm³/mol. The fourth-order valence-corrected chi connectivity index (χ4v) is 2.23. The first-order valence-electron chi connectivity index (χ1n) is 6.95. The van der Waals surface area contributed by atoms with Crippen LogP contribution in [0.2, 0.25) is 10.0 Å². The Morgan fingerprint density at radius 3 is 2.48 bits per heavy atom. The molecule has 5 nitrogen and oxygen atoms in total. The van der Waals surface area contributed by atoms with Crippen molar-refractivity contribution in [1.29, 1.82) is 0 Å². The topological polar surface area (TPSA) is 48.5 Å². The third-order valence-electron chi connectivity index (χ3n) is 2.96. The van der Waals surface area contributed by atoms with Crippen LogP contribution < -0.4 is 10.2 Å². The standard InChI is InChI=1S/C14H22Cl2N4O/c1-5-7-17-13-10(15)8-11(16)14(18-13)20(6-2)9-12(21)19(3)4/h8H,5-7,9H2,1-4H3,(H,17,18). The Kier molecular flexibility index (Phi) is 7.05. The van der Waals surface area contributed by atoms with Gasteiger partial charge in [0.15, 0.2) is 0 Å². The van der Waals surface area contributed by atoms with Gasteiger partial charge in [-0.2, -0.15) is 0 Å². The summed E-state index contributed by atoms with van der Waals surface area (Å²) in [6.07, 6.45) is 0.965. The lowest BCUT2D eigenvalue weighted by molar-refractivity contribution is -0.127. The van der Waals surface area contributed by atoms with Crippen molar-refractivity contribution in [3.8, 4) is 0 Å². The summed E-state index contributed by atoms with van der Waals surface area (Å²) in [7, 11) is 3.45. The minimum Gasteiger partial charge on any atom is -0.369 e. The zero-order valence-electron chi connectivity index (χ0n) is 12.9. The highest BCUT2D eigenvalue weighted by Gasteiger charge is 2.17. The Bertz CT molecular complexity index is 494. The number of anilines is 2. The highest BCUT2D eigenvalue weighted by atomic mass is 35.5. The van der Waals surface area contributed by atoms with Gasteiger partial charge in [0.25, 0.3) is 0 Å². The smallest absolute Gasteiger partial charge is 0.241 e. The number of likely N-dealkylation sites (N-methyl/N-ethyl adjacent to an activating group) is 2. The van der Waals surface area contributed by atoms with E-state index in [0.29, 0.717) is 28.2 Å². The number of nitrogens with one attached hydrogen (secondary N) is 1. The maximum absolute atomic E-state index is 11.9. The number of aromatic nitrogens is 1. The van der Waals surface area contributed by atoms with Crippen molar-refractivity contribution in [2.45, 2.75) is 20.3 Å². The lowest BCUT2D eigenvalue weighted by Gasteiger charge is -2.25. The van der Waals surface area contributed by atoms with Crippen molar-refractivity contribution >= 4 is 40.7 Å². The minimum absolute atomic E-state index is 0.00673. The predicted octanol–water partition coefficient (Wildman–Crippen LogP) is 3.12. The number of hydrogen-bond donors (Lipinski definition) is 1. The van der Waals surface area contributed by atoms with Crippen LogP contribution in [0.4, 0.5) is 11.6 Å². The maximum atomic E-state index is 11.9. The fourth-order valence-electron chi connectivity index (χ4n) is 1.69. The van der Waals surface area contributed by atoms with Crippen LogP contribution in [0, 0.1) is 0 Å². The van der Waals surface area contributed by atoms with Gasteiger partial charge in [0.1, 0.15) is 11.6 Å². The van der Waals surface area contributed by atoms with E-state index in [2.05, 4.69) is 17.2 Å². The van der Waals surface area contributed by atoms with Crippen LogP contribution in [0.5, 0.6) is 0 Å². The molecule has 0 aromatic carbocycles. The van der Waals surface area contributed by atoms with Gasteiger partial charge in [0.2, 0.25) is 5.91 Å². The molecule has 0 unspecified atom stereocenters. The van der Waals surface area contributed by atoms with Gasteiger partial charge < -0.3 is 15.1 Å². The van der Waals surface area contributed by atoms with E-state index < -0.39 is 0 Å². The van der Waals surface area contributed by atoms with Crippen molar-refractivity contribution < 1.29 is 4.79 Å². The molecule has 118 valence electrons. The lowest BCUT2D eigenvalue weighted by atomic mass is 10.3. The molecule has 0 atom stereocenters. The molecule has 0 aliphatic rings. The molecule has 1 N–H and O–H groups in total. The zero-order valence-corrected chi connectivity index (χ0v) is 14.4. The quantitative estimate of drug-likeness (QED) is 0.833. The Morgan fingerprint density at radius 2 is 1.95 bits per heavy atom. The van der Waals surface area contributed by atoms with Crippen molar-refractivity contribution in [3.63, 3.8) is 0 Å². The van der Waals surface area contributed by atoms with Crippen molar-refractivity contribution in [2.75, 3.05) is 43.9 Å². The van der Waals surface area contributed by atoms with Crippen LogP contribution in [0.3, 0.4) is 0 Å². The highest BCUT2D eigenvalue weighted by molar-refractivity contribution is 6.37. The summed E-state index contributed by atoms with van der Waals surface area (Å²) in [6.45, 7) is 5.64. The van der Waals surface area contributed by atoms with E-state index in [-0.39, 0.29) is 12.5 Å². The number of nitrogens with zero attached hydrogens (tertiary/aromatic N) is 3. The summed E-state index contributed by atoms with van der Waals surface area (Å²) in [6, 6.07) is 1.66. The van der Waals surface area contributed by atoms with E-state index in [4.69, 9.17) is 23.2 Å². The second-order valence-electron chi connectivity index (χ2n) is 4.85. The first kappa shape index (κ1) is 17.9. The van der Waals surface area contributed by atoms with Crippen LogP contribution in [0.25, 0.3) is 0 Å². The van der Waals surface area contributed by atoms with Crippen LogP contribution in [0.1, 0.15) is 20.3 Å². The Hall–Kier alpha value is -1.20. The van der Waals surface area contributed by atoms with Crippen molar-refractivity contribution in [1.82, 2.24) is 9.88 Å². The molecule has 0 spiro atoms. The van der Waals surface area contributed by atoms with Crippen LogP contribution in [-0.2, 0) is 4.79 Å². The summed E-state index contributed by atoms with van der Waals surface area (Å²) < 4.78 is 0. The van der Waals surface area contributed by atoms with Gasteiger partial charge in [-0.1, -0.05) is 30.1 Å². The van der Waals surface area contributed by atoms with Gasteiger partial charge in [-0.3, -0.25) is 4.79 Å². The molecule has 7 heteroatoms. The molecule has 0 fully saturated rings. The first-order valence-corrected chi connectivity index (χ1v) is 7.71. The van der Waals surface area contributed by atoms with E-state index in [1.165, 1.54) is 0 Å². The molecule has 0 aliphatic heterocycles. The van der Waals surface area contributed by atoms with E-state index in [1.54, 1.807) is 25.1 Å². The molecule has 1 rings (SSSR count). The normalized spacial score (nSPS) is 10.4. The van der Waals surface area contributed by atoms with E-state index in [0.717, 1.165) is 13.0 Å². The van der Waals surface area contributed by atoms with E-state index >= 15 is 0 Å². The summed E-state index contributed by atoms with van der Waals surface area (Å²) in [5.41, 5.74) is 0. The number of carbonyl (C=O) groups is 1. The number of hydrogen-bond acceptors (Lipinski definition) is 4. The average molecular weight is 333 g/mol. The second kappa shape index (κ2) is 8.29. The number of pyridine rings is 1. The molecule has 0 aliphatic carbocycles. The largest absolute Gasteiger partial charge is 0.369 e. The molecule has 1 aromatic heterocycles. The monoisotopic (exact) mass is 332 g/mol. The summed E-state index contributed by atoms with van der Waals surface area (Å²) in [5, 5.41) is 4.08. The Morgan fingerprint density at radius 1 is 1.29 bits per heavy atom. The number of rotatable bonds is 7. The van der Waals surface area contributed by atoms with Gasteiger partial charge in [-0.25, -0.2) is 4.98 Å². The number of halogens is 2. The maximum Gasteiger partial charge on any atom is 0.241 e. The molecule has 0 saturated heterocycles. The summed E-state index contributed by atoms with van der Waals surface area (Å²) in [5.74, 6) is 1.15. The van der Waals surface area contributed by atoms with Crippen LogP contribution in [-0.4, -0.2) is 49.5 Å². The molecule has 1 heterocycles. The zero-order chi connectivity index (χ0) is 16.0. The minimum atomic E-state index is -0.00673. The fraction of sp³-hybridized carbons (Fsp3) is 0.571. The van der Waals surface area contributed by atoms with Crippen LogP contribution >= 0.6 is 23.2 Å². The number of carbonyl (C=O) groups excluding carboxylic acids is 1. The van der Waals surface area contributed by atoms with Gasteiger partial charge in [0.05, 0.1) is 16.6 Å². The van der Waals surface area contributed by atoms with Gasteiger partial charge in [0, 0.05) is 27.2 Å². The first-order chi connectivity index (χ1) is 9.90. The molecule has 21 heavy (non-hydrogen) atoms. The third-order valence-corrected chi connectivity index (χ3v) is 3.53. The van der Waals surface area contributed by atoms with E-state index in [9.17, 15) is 4.79 Å². The SMILES string of the molecule is CCCNc1nc(N(CC)CC(=O)N(C)C)c(Cl)cc1Cl. The Balaban J connectivity index is 3.05. The molecule has 0 saturated carbocycles. The van der Waals surface area contributed by atoms with Gasteiger partial charge in [-0.15, -0.1) is 0 Å².